The van der Waals surface area contributed by atoms with E-state index in [1.165, 1.54) is 12.1 Å². The van der Waals surface area contributed by atoms with Crippen LogP contribution in [-0.2, 0) is 0 Å². The van der Waals surface area contributed by atoms with E-state index in [4.69, 9.17) is 4.42 Å². The maximum absolute atomic E-state index is 13.1. The van der Waals surface area contributed by atoms with Crippen LogP contribution in [0.2, 0.25) is 0 Å². The number of carbonyl (C=O) groups is 1. The number of fused-ring (bicyclic) bond motifs is 1. The molecule has 0 fully saturated rings. The minimum absolute atomic E-state index is 0.0193. The smallest absolute Gasteiger partial charge is 0.198 e. The number of hydrogen-bond acceptors (Lipinski definition) is 2. The molecule has 3 heteroatoms. The molecule has 0 saturated carbocycles. The van der Waals surface area contributed by atoms with Crippen molar-refractivity contribution in [2.24, 2.45) is 5.92 Å². The normalized spacial score (nSPS) is 11.4. The van der Waals surface area contributed by atoms with Crippen molar-refractivity contribution in [1.29, 1.82) is 0 Å². The number of rotatable bonds is 3. The zero-order chi connectivity index (χ0) is 12.6. The molecule has 0 N–H and O–H groups in total. The summed E-state index contributed by atoms with van der Waals surface area (Å²) in [6.45, 7) is 5.75. The Bertz CT molecular complexity index is 567. The van der Waals surface area contributed by atoms with Crippen molar-refractivity contribution in [1.82, 2.24) is 0 Å². The lowest BCUT2D eigenvalue weighted by atomic mass is 10.0. The molecular formula is C14H15FO2. The van der Waals surface area contributed by atoms with Gasteiger partial charge < -0.3 is 4.42 Å². The highest BCUT2D eigenvalue weighted by atomic mass is 19.1. The molecule has 90 valence electrons. The van der Waals surface area contributed by atoms with Gasteiger partial charge in [0.2, 0.25) is 0 Å². The van der Waals surface area contributed by atoms with Gasteiger partial charge in [-0.25, -0.2) is 4.39 Å². The van der Waals surface area contributed by atoms with Gasteiger partial charge in [-0.3, -0.25) is 4.79 Å². The largest absolute Gasteiger partial charge is 0.453 e. The van der Waals surface area contributed by atoms with Gasteiger partial charge in [-0.05, 0) is 31.0 Å². The molecule has 0 aliphatic heterocycles. The van der Waals surface area contributed by atoms with E-state index >= 15 is 0 Å². The van der Waals surface area contributed by atoms with Crippen molar-refractivity contribution < 1.29 is 13.6 Å². The predicted octanol–water partition coefficient (Wildman–Crippen LogP) is 4.11. The third-order valence-corrected chi connectivity index (χ3v) is 2.75. The summed E-state index contributed by atoms with van der Waals surface area (Å²) >= 11 is 0. The van der Waals surface area contributed by atoms with Crippen LogP contribution in [0.15, 0.2) is 22.6 Å². The Kier molecular flexibility index (Phi) is 3.01. The number of carbonyl (C=O) groups excluding carboxylic acids is 1. The quantitative estimate of drug-likeness (QED) is 0.748. The lowest BCUT2D eigenvalue weighted by Crippen LogP contribution is -2.03. The van der Waals surface area contributed by atoms with E-state index in [1.54, 1.807) is 13.0 Å². The molecule has 0 bridgehead atoms. The van der Waals surface area contributed by atoms with Gasteiger partial charge in [-0.2, -0.15) is 0 Å². The van der Waals surface area contributed by atoms with E-state index in [2.05, 4.69) is 0 Å². The molecule has 0 atom stereocenters. The third kappa shape index (κ3) is 2.23. The molecule has 17 heavy (non-hydrogen) atoms. The van der Waals surface area contributed by atoms with Crippen LogP contribution < -0.4 is 0 Å². The average Bonchev–Trinajstić information content (AvgIpc) is 2.55. The minimum Gasteiger partial charge on any atom is -0.453 e. The van der Waals surface area contributed by atoms with Crippen molar-refractivity contribution in [3.63, 3.8) is 0 Å². The fraction of sp³-hybridized carbons (Fsp3) is 0.357. The SMILES string of the molecule is Cc1c(C(=O)CC(C)C)oc2ccc(F)cc12. The fourth-order valence-corrected chi connectivity index (χ4v) is 1.92. The van der Waals surface area contributed by atoms with Gasteiger partial charge in [0, 0.05) is 17.4 Å². The molecule has 0 spiro atoms. The van der Waals surface area contributed by atoms with Crippen LogP contribution in [0.25, 0.3) is 11.0 Å². The molecule has 2 rings (SSSR count). The van der Waals surface area contributed by atoms with E-state index in [0.29, 0.717) is 23.2 Å². The van der Waals surface area contributed by atoms with Gasteiger partial charge in [0.25, 0.3) is 0 Å². The summed E-state index contributed by atoms with van der Waals surface area (Å²) in [5.41, 5.74) is 1.29. The van der Waals surface area contributed by atoms with Crippen LogP contribution in [0, 0.1) is 18.7 Å². The summed E-state index contributed by atoms with van der Waals surface area (Å²) in [6, 6.07) is 4.30. The Morgan fingerprint density at radius 2 is 2.12 bits per heavy atom. The average molecular weight is 234 g/mol. The van der Waals surface area contributed by atoms with Crippen molar-refractivity contribution in [3.8, 4) is 0 Å². The minimum atomic E-state index is -0.316. The summed E-state index contributed by atoms with van der Waals surface area (Å²) in [5.74, 6) is 0.310. The molecule has 1 heterocycles. The molecule has 0 amide bonds. The first-order valence-corrected chi connectivity index (χ1v) is 5.71. The van der Waals surface area contributed by atoms with E-state index in [-0.39, 0.29) is 17.5 Å². The van der Waals surface area contributed by atoms with Gasteiger partial charge >= 0.3 is 0 Å². The predicted molar refractivity (Wildman–Crippen MR) is 64.7 cm³/mol. The highest BCUT2D eigenvalue weighted by Crippen LogP contribution is 2.27. The van der Waals surface area contributed by atoms with Crippen LogP contribution in [0.1, 0.15) is 36.4 Å². The van der Waals surface area contributed by atoms with Crippen molar-refractivity contribution in [2.75, 3.05) is 0 Å². The Morgan fingerprint density at radius 3 is 2.76 bits per heavy atom. The lowest BCUT2D eigenvalue weighted by Gasteiger charge is -2.01. The summed E-state index contributed by atoms with van der Waals surface area (Å²) in [5, 5.41) is 0.678. The second-order valence-electron chi connectivity index (χ2n) is 4.72. The summed E-state index contributed by atoms with van der Waals surface area (Å²) in [6.07, 6.45) is 0.448. The van der Waals surface area contributed by atoms with Crippen LogP contribution >= 0.6 is 0 Å². The third-order valence-electron chi connectivity index (χ3n) is 2.75. The van der Waals surface area contributed by atoms with Crippen LogP contribution in [0.3, 0.4) is 0 Å². The molecule has 1 aromatic heterocycles. The molecule has 0 aliphatic carbocycles. The number of hydrogen-bond donors (Lipinski definition) is 0. The second kappa shape index (κ2) is 4.32. The van der Waals surface area contributed by atoms with Gasteiger partial charge in [-0.1, -0.05) is 13.8 Å². The molecule has 0 aliphatic rings. The van der Waals surface area contributed by atoms with Crippen molar-refractivity contribution in [3.05, 3.63) is 35.3 Å². The second-order valence-corrected chi connectivity index (χ2v) is 4.72. The Labute approximate surface area is 99.4 Å². The number of ketones is 1. The zero-order valence-electron chi connectivity index (χ0n) is 10.2. The van der Waals surface area contributed by atoms with E-state index < -0.39 is 0 Å². The molecule has 2 aromatic rings. The van der Waals surface area contributed by atoms with Gasteiger partial charge in [0.05, 0.1) is 0 Å². The molecule has 0 saturated heterocycles. The molecule has 0 radical (unpaired) electrons. The summed E-state index contributed by atoms with van der Waals surface area (Å²) in [4.78, 5) is 11.9. The van der Waals surface area contributed by atoms with E-state index in [9.17, 15) is 9.18 Å². The number of furan rings is 1. The van der Waals surface area contributed by atoms with Gasteiger partial charge in [0.1, 0.15) is 11.4 Å². The van der Waals surface area contributed by atoms with Gasteiger partial charge in [0.15, 0.2) is 11.5 Å². The molecule has 2 nitrogen and oxygen atoms in total. The van der Waals surface area contributed by atoms with Crippen LogP contribution in [0.5, 0.6) is 0 Å². The topological polar surface area (TPSA) is 30.2 Å². The lowest BCUT2D eigenvalue weighted by molar-refractivity contribution is 0.0942. The summed E-state index contributed by atoms with van der Waals surface area (Å²) in [7, 11) is 0. The highest BCUT2D eigenvalue weighted by molar-refractivity contribution is 6.00. The maximum atomic E-state index is 13.1. The van der Waals surface area contributed by atoms with E-state index in [0.717, 1.165) is 5.56 Å². The number of Topliss-reactive ketones (excluding diaryl/α,β-unsaturated/α-hetero) is 1. The Morgan fingerprint density at radius 1 is 1.41 bits per heavy atom. The Hall–Kier alpha value is -1.64. The first-order valence-electron chi connectivity index (χ1n) is 5.71. The molecule has 1 aromatic carbocycles. The number of halogens is 1. The molecule has 0 unspecified atom stereocenters. The van der Waals surface area contributed by atoms with Crippen LogP contribution in [0.4, 0.5) is 4.39 Å². The van der Waals surface area contributed by atoms with Crippen molar-refractivity contribution >= 4 is 16.8 Å². The maximum Gasteiger partial charge on any atom is 0.198 e. The highest BCUT2D eigenvalue weighted by Gasteiger charge is 2.18. The Balaban J connectivity index is 2.49. The fourth-order valence-electron chi connectivity index (χ4n) is 1.92. The van der Waals surface area contributed by atoms with Crippen LogP contribution in [-0.4, -0.2) is 5.78 Å². The van der Waals surface area contributed by atoms with Crippen molar-refractivity contribution in [2.45, 2.75) is 27.2 Å². The monoisotopic (exact) mass is 234 g/mol. The summed E-state index contributed by atoms with van der Waals surface area (Å²) < 4.78 is 18.6. The number of aryl methyl sites for hydroxylation is 1. The van der Waals surface area contributed by atoms with E-state index in [1.807, 2.05) is 13.8 Å². The molecular weight excluding hydrogens is 219 g/mol. The first kappa shape index (κ1) is 11.8. The van der Waals surface area contributed by atoms with Gasteiger partial charge in [-0.15, -0.1) is 0 Å². The number of benzene rings is 1. The zero-order valence-corrected chi connectivity index (χ0v) is 10.2. The standard InChI is InChI=1S/C14H15FO2/c1-8(2)6-12(16)14-9(3)11-7-10(15)4-5-13(11)17-14/h4-5,7-8H,6H2,1-3H3. The first-order chi connectivity index (χ1) is 7.99.